The minimum atomic E-state index is -0.748. The third-order valence-electron chi connectivity index (χ3n) is 6.02. The van der Waals surface area contributed by atoms with Gasteiger partial charge in [0.25, 0.3) is 5.91 Å². The van der Waals surface area contributed by atoms with Crippen molar-refractivity contribution >= 4 is 28.6 Å². The number of nitrogens with two attached hydrogens (primary N) is 1. The highest BCUT2D eigenvalue weighted by atomic mass is 16.3. The third kappa shape index (κ3) is 5.47. The molecule has 0 radical (unpaired) electrons. The number of amides is 1. The Morgan fingerprint density at radius 3 is 2.59 bits per heavy atom. The number of carbonyl (C=O) groups is 1. The predicted molar refractivity (Wildman–Crippen MR) is 131 cm³/mol. The number of imidazole rings is 1. The number of aliphatic hydroxyl groups is 1. The number of aliphatic hydroxyl groups excluding tert-OH is 1. The van der Waals surface area contributed by atoms with Crippen molar-refractivity contribution in [1.82, 2.24) is 9.55 Å². The number of para-hydroxylation sites is 1. The number of rotatable bonds is 11. The topological polar surface area (TPSA) is 96.4 Å². The van der Waals surface area contributed by atoms with Crippen molar-refractivity contribution < 1.29 is 9.90 Å². The number of hydrogen-bond donors (Lipinski definition) is 3. The Kier molecular flexibility index (Phi) is 8.25. The van der Waals surface area contributed by atoms with E-state index in [1.807, 2.05) is 55.6 Å². The second kappa shape index (κ2) is 11.1. The molecule has 3 aromatic rings. The van der Waals surface area contributed by atoms with E-state index in [-0.39, 0.29) is 11.8 Å². The molecule has 4 N–H and O–H groups in total. The first-order chi connectivity index (χ1) is 15.5. The van der Waals surface area contributed by atoms with Crippen molar-refractivity contribution in [2.24, 2.45) is 11.7 Å². The standard InChI is InChI=1S/C25H35N5O2/c1-4-10-18(23(26)31)11-8-9-16-30-22-15-14-19(17-21(22)28-25(30)27-2)24(32)29(3)20-12-6-5-7-13-20/h5-7,12-15,17-18,23,31H,4,8-11,16,26H2,1-3H3,(H,27,28). The summed E-state index contributed by atoms with van der Waals surface area (Å²) in [5.74, 6) is 0.865. The van der Waals surface area contributed by atoms with E-state index in [0.717, 1.165) is 61.3 Å². The quantitative estimate of drug-likeness (QED) is 0.308. The zero-order valence-corrected chi connectivity index (χ0v) is 19.3. The van der Waals surface area contributed by atoms with Crippen molar-refractivity contribution in [1.29, 1.82) is 0 Å². The molecule has 3 rings (SSSR count). The first kappa shape index (κ1) is 23.8. The molecule has 7 nitrogen and oxygen atoms in total. The number of nitrogens with one attached hydrogen (secondary N) is 1. The van der Waals surface area contributed by atoms with Crippen LogP contribution in [-0.4, -0.2) is 40.9 Å². The molecule has 2 atom stereocenters. The van der Waals surface area contributed by atoms with Crippen LogP contribution in [-0.2, 0) is 6.54 Å². The van der Waals surface area contributed by atoms with E-state index in [4.69, 9.17) is 10.7 Å². The number of benzene rings is 2. The second-order valence-electron chi connectivity index (χ2n) is 8.28. The number of nitrogens with zero attached hydrogens (tertiary/aromatic N) is 3. The lowest BCUT2D eigenvalue weighted by atomic mass is 9.95. The van der Waals surface area contributed by atoms with Crippen molar-refractivity contribution in [3.05, 3.63) is 54.1 Å². The van der Waals surface area contributed by atoms with Crippen molar-refractivity contribution in [2.75, 3.05) is 24.3 Å². The highest BCUT2D eigenvalue weighted by Crippen LogP contribution is 2.24. The summed E-state index contributed by atoms with van der Waals surface area (Å²) < 4.78 is 2.15. The van der Waals surface area contributed by atoms with E-state index < -0.39 is 6.23 Å². The molecule has 0 bridgehead atoms. The number of aryl methyl sites for hydroxylation is 1. The Labute approximate surface area is 190 Å². The van der Waals surface area contributed by atoms with Crippen LogP contribution in [0.25, 0.3) is 11.0 Å². The zero-order chi connectivity index (χ0) is 23.1. The molecular formula is C25H35N5O2. The van der Waals surface area contributed by atoms with Crippen LogP contribution in [0.1, 0.15) is 49.4 Å². The SMILES string of the molecule is CCCC(CCCCn1c(NC)nc2cc(C(=O)N(C)c3ccccc3)ccc21)C(N)O. The average Bonchev–Trinajstić information content (AvgIpc) is 3.17. The van der Waals surface area contributed by atoms with E-state index in [9.17, 15) is 9.90 Å². The van der Waals surface area contributed by atoms with Crippen LogP contribution in [0.3, 0.4) is 0 Å². The molecule has 2 aromatic carbocycles. The first-order valence-corrected chi connectivity index (χ1v) is 11.4. The van der Waals surface area contributed by atoms with E-state index in [0.29, 0.717) is 5.56 Å². The zero-order valence-electron chi connectivity index (χ0n) is 19.3. The molecule has 0 fully saturated rings. The molecule has 0 saturated heterocycles. The van der Waals surface area contributed by atoms with Gasteiger partial charge in [-0.3, -0.25) is 4.79 Å². The van der Waals surface area contributed by atoms with Gasteiger partial charge >= 0.3 is 0 Å². The highest BCUT2D eigenvalue weighted by Gasteiger charge is 2.17. The summed E-state index contributed by atoms with van der Waals surface area (Å²) >= 11 is 0. The Bertz CT molecular complexity index is 1020. The lowest BCUT2D eigenvalue weighted by molar-refractivity contribution is 0.0992. The number of fused-ring (bicyclic) bond motifs is 1. The Morgan fingerprint density at radius 1 is 1.19 bits per heavy atom. The van der Waals surface area contributed by atoms with Gasteiger partial charge in [-0.2, -0.15) is 0 Å². The van der Waals surface area contributed by atoms with Gasteiger partial charge in [0.2, 0.25) is 5.95 Å². The monoisotopic (exact) mass is 437 g/mol. The van der Waals surface area contributed by atoms with Gasteiger partial charge in [0, 0.05) is 31.9 Å². The summed E-state index contributed by atoms with van der Waals surface area (Å²) in [5, 5.41) is 12.9. The molecule has 0 aliphatic heterocycles. The van der Waals surface area contributed by atoms with Crippen LogP contribution >= 0.6 is 0 Å². The number of aromatic nitrogens is 2. The maximum absolute atomic E-state index is 13.0. The minimum Gasteiger partial charge on any atom is -0.379 e. The minimum absolute atomic E-state index is 0.0686. The van der Waals surface area contributed by atoms with Crippen LogP contribution in [0.2, 0.25) is 0 Å². The molecule has 1 aromatic heterocycles. The second-order valence-corrected chi connectivity index (χ2v) is 8.28. The smallest absolute Gasteiger partial charge is 0.258 e. The van der Waals surface area contributed by atoms with Gasteiger partial charge in [0.1, 0.15) is 6.23 Å². The van der Waals surface area contributed by atoms with Crippen molar-refractivity contribution in [3.63, 3.8) is 0 Å². The van der Waals surface area contributed by atoms with Crippen LogP contribution in [0, 0.1) is 5.92 Å². The molecule has 0 aliphatic rings. The molecular weight excluding hydrogens is 402 g/mol. The van der Waals surface area contributed by atoms with Gasteiger partial charge in [-0.1, -0.05) is 38.0 Å². The Hall–Kier alpha value is -2.90. The normalized spacial score (nSPS) is 13.2. The number of anilines is 2. The fraction of sp³-hybridized carbons (Fsp3) is 0.440. The largest absolute Gasteiger partial charge is 0.379 e. The number of carbonyl (C=O) groups excluding carboxylic acids is 1. The Morgan fingerprint density at radius 2 is 1.94 bits per heavy atom. The van der Waals surface area contributed by atoms with E-state index in [1.165, 1.54) is 0 Å². The van der Waals surface area contributed by atoms with Gasteiger partial charge in [0.05, 0.1) is 11.0 Å². The summed E-state index contributed by atoms with van der Waals surface area (Å²) in [6, 6.07) is 15.3. The molecule has 1 amide bonds. The molecule has 172 valence electrons. The molecule has 32 heavy (non-hydrogen) atoms. The Balaban J connectivity index is 1.72. The van der Waals surface area contributed by atoms with E-state index in [2.05, 4.69) is 16.8 Å². The molecule has 0 spiro atoms. The van der Waals surface area contributed by atoms with Crippen LogP contribution in [0.15, 0.2) is 48.5 Å². The summed E-state index contributed by atoms with van der Waals surface area (Å²) in [6.07, 6.45) is 4.08. The molecule has 7 heteroatoms. The van der Waals surface area contributed by atoms with Gasteiger partial charge in [0.15, 0.2) is 0 Å². The van der Waals surface area contributed by atoms with Crippen LogP contribution in [0.4, 0.5) is 11.6 Å². The third-order valence-corrected chi connectivity index (χ3v) is 6.02. The highest BCUT2D eigenvalue weighted by molar-refractivity contribution is 6.07. The molecule has 2 unspecified atom stereocenters. The molecule has 0 saturated carbocycles. The van der Waals surface area contributed by atoms with Crippen molar-refractivity contribution in [3.8, 4) is 0 Å². The van der Waals surface area contributed by atoms with Crippen LogP contribution in [0.5, 0.6) is 0 Å². The van der Waals surface area contributed by atoms with Gasteiger partial charge in [-0.15, -0.1) is 0 Å². The summed E-state index contributed by atoms with van der Waals surface area (Å²) in [5.41, 5.74) is 8.96. The van der Waals surface area contributed by atoms with Crippen LogP contribution < -0.4 is 16.0 Å². The first-order valence-electron chi connectivity index (χ1n) is 11.4. The average molecular weight is 438 g/mol. The lowest BCUT2D eigenvalue weighted by Gasteiger charge is -2.19. The molecule has 0 aliphatic carbocycles. The van der Waals surface area contributed by atoms with Gasteiger partial charge in [-0.05, 0) is 55.5 Å². The fourth-order valence-corrected chi connectivity index (χ4v) is 4.18. The van der Waals surface area contributed by atoms with Gasteiger partial charge in [-0.25, -0.2) is 4.98 Å². The van der Waals surface area contributed by atoms with E-state index in [1.54, 1.807) is 11.9 Å². The van der Waals surface area contributed by atoms with Crippen molar-refractivity contribution in [2.45, 2.75) is 51.8 Å². The molecule has 1 heterocycles. The maximum atomic E-state index is 13.0. The number of hydrogen-bond acceptors (Lipinski definition) is 5. The predicted octanol–water partition coefficient (Wildman–Crippen LogP) is 4.22. The van der Waals surface area contributed by atoms with Gasteiger partial charge < -0.3 is 25.6 Å². The summed E-state index contributed by atoms with van der Waals surface area (Å²) in [7, 11) is 3.64. The summed E-state index contributed by atoms with van der Waals surface area (Å²) in [6.45, 7) is 2.92. The maximum Gasteiger partial charge on any atom is 0.258 e. The lowest BCUT2D eigenvalue weighted by Crippen LogP contribution is -2.29. The fourth-order valence-electron chi connectivity index (χ4n) is 4.18. The summed E-state index contributed by atoms with van der Waals surface area (Å²) in [4.78, 5) is 19.3. The number of unbranched alkanes of at least 4 members (excludes halogenated alkanes) is 1. The van der Waals surface area contributed by atoms with E-state index >= 15 is 0 Å².